The van der Waals surface area contributed by atoms with Crippen molar-refractivity contribution in [1.82, 2.24) is 0 Å². The topological polar surface area (TPSA) is 128 Å². The van der Waals surface area contributed by atoms with Crippen LogP contribution in [-0.4, -0.2) is 28.8 Å². The monoisotopic (exact) mass is 371 g/mol. The maximum absolute atomic E-state index is 12.2. The second kappa shape index (κ2) is 8.56. The summed E-state index contributed by atoms with van der Waals surface area (Å²) >= 11 is 0. The van der Waals surface area contributed by atoms with Crippen LogP contribution < -0.4 is 10.6 Å². The zero-order valence-electron chi connectivity index (χ0n) is 14.6. The van der Waals surface area contributed by atoms with Crippen molar-refractivity contribution in [1.29, 1.82) is 0 Å². The molecular formula is C18H17N3O6. The predicted molar refractivity (Wildman–Crippen MR) is 97.3 cm³/mol. The van der Waals surface area contributed by atoms with Crippen LogP contribution in [0, 0.1) is 10.1 Å². The third kappa shape index (κ3) is 5.36. The number of carbonyl (C=O) groups is 3. The third-order valence-electron chi connectivity index (χ3n) is 3.43. The van der Waals surface area contributed by atoms with Gasteiger partial charge >= 0.3 is 5.97 Å². The standard InChI is InChI=1S/C18H17N3O6/c1-11(17(23)20-15-8-3-4-9-16(15)21(25)26)27-18(24)13-6-5-7-14(10-13)19-12(2)22/h3-11H,1-2H3,(H,19,22)(H,20,23)/t11-/m1/s1. The molecule has 2 aromatic carbocycles. The first-order valence-corrected chi connectivity index (χ1v) is 7.91. The number of ether oxygens (including phenoxy) is 1. The highest BCUT2D eigenvalue weighted by molar-refractivity contribution is 5.99. The number of amides is 2. The van der Waals surface area contributed by atoms with Gasteiger partial charge in [-0.25, -0.2) is 4.79 Å². The highest BCUT2D eigenvalue weighted by Gasteiger charge is 2.22. The van der Waals surface area contributed by atoms with Crippen LogP contribution in [0.25, 0.3) is 0 Å². The van der Waals surface area contributed by atoms with E-state index in [-0.39, 0.29) is 22.8 Å². The lowest BCUT2D eigenvalue weighted by Gasteiger charge is -2.14. The minimum atomic E-state index is -1.19. The first-order valence-electron chi connectivity index (χ1n) is 7.91. The largest absolute Gasteiger partial charge is 0.449 e. The highest BCUT2D eigenvalue weighted by atomic mass is 16.6. The van der Waals surface area contributed by atoms with E-state index in [2.05, 4.69) is 10.6 Å². The summed E-state index contributed by atoms with van der Waals surface area (Å²) in [5.41, 5.74) is 0.288. The summed E-state index contributed by atoms with van der Waals surface area (Å²) < 4.78 is 5.10. The molecule has 0 radical (unpaired) electrons. The molecule has 0 aliphatic heterocycles. The van der Waals surface area contributed by atoms with Crippen molar-refractivity contribution in [2.45, 2.75) is 20.0 Å². The minimum absolute atomic E-state index is 0.00283. The molecule has 9 heteroatoms. The summed E-state index contributed by atoms with van der Waals surface area (Å²) in [5, 5.41) is 15.9. The molecule has 2 amide bonds. The van der Waals surface area contributed by atoms with Crippen LogP contribution >= 0.6 is 0 Å². The predicted octanol–water partition coefficient (Wildman–Crippen LogP) is 2.74. The van der Waals surface area contributed by atoms with Crippen LogP contribution in [0.3, 0.4) is 0 Å². The Labute approximate surface area is 154 Å². The molecule has 0 unspecified atom stereocenters. The molecule has 140 valence electrons. The minimum Gasteiger partial charge on any atom is -0.449 e. The van der Waals surface area contributed by atoms with Gasteiger partial charge < -0.3 is 15.4 Å². The number of nitrogens with zero attached hydrogens (tertiary/aromatic N) is 1. The molecule has 2 aromatic rings. The van der Waals surface area contributed by atoms with Crippen LogP contribution in [0.2, 0.25) is 0 Å². The maximum Gasteiger partial charge on any atom is 0.338 e. The van der Waals surface area contributed by atoms with E-state index in [0.29, 0.717) is 5.69 Å². The second-order valence-electron chi connectivity index (χ2n) is 5.57. The Balaban J connectivity index is 2.05. The Kier molecular flexibility index (Phi) is 6.21. The third-order valence-corrected chi connectivity index (χ3v) is 3.43. The number of nitrogens with one attached hydrogen (secondary N) is 2. The van der Waals surface area contributed by atoms with Gasteiger partial charge in [-0.15, -0.1) is 0 Å². The summed E-state index contributed by atoms with van der Waals surface area (Å²) in [6.07, 6.45) is -1.19. The molecule has 27 heavy (non-hydrogen) atoms. The van der Waals surface area contributed by atoms with Crippen molar-refractivity contribution in [2.24, 2.45) is 0 Å². The molecule has 0 spiro atoms. The van der Waals surface area contributed by atoms with Gasteiger partial charge in [0.2, 0.25) is 5.91 Å². The van der Waals surface area contributed by atoms with Crippen molar-refractivity contribution in [2.75, 3.05) is 10.6 Å². The van der Waals surface area contributed by atoms with Crippen LogP contribution in [0.1, 0.15) is 24.2 Å². The number of benzene rings is 2. The number of nitro groups is 1. The van der Waals surface area contributed by atoms with Crippen molar-refractivity contribution in [3.63, 3.8) is 0 Å². The van der Waals surface area contributed by atoms with Gasteiger partial charge in [0.1, 0.15) is 5.69 Å². The summed E-state index contributed by atoms with van der Waals surface area (Å²) in [5.74, 6) is -1.78. The van der Waals surface area contributed by atoms with Crippen LogP contribution in [0.4, 0.5) is 17.1 Å². The lowest BCUT2D eigenvalue weighted by atomic mass is 10.2. The zero-order chi connectivity index (χ0) is 20.0. The Morgan fingerprint density at radius 1 is 1.07 bits per heavy atom. The van der Waals surface area contributed by atoms with Crippen molar-refractivity contribution >= 4 is 34.8 Å². The number of hydrogen-bond acceptors (Lipinski definition) is 6. The molecule has 0 heterocycles. The molecule has 0 aromatic heterocycles. The quantitative estimate of drug-likeness (QED) is 0.456. The lowest BCUT2D eigenvalue weighted by Crippen LogP contribution is -2.30. The van der Waals surface area contributed by atoms with Crippen LogP contribution in [0.15, 0.2) is 48.5 Å². The molecule has 1 atom stereocenters. The van der Waals surface area contributed by atoms with E-state index in [1.165, 1.54) is 50.2 Å². The Morgan fingerprint density at radius 3 is 2.44 bits per heavy atom. The maximum atomic E-state index is 12.2. The first kappa shape index (κ1) is 19.6. The number of esters is 1. The van der Waals surface area contributed by atoms with Gasteiger partial charge in [0.25, 0.3) is 11.6 Å². The van der Waals surface area contributed by atoms with Crippen molar-refractivity contribution in [3.8, 4) is 0 Å². The van der Waals surface area contributed by atoms with Gasteiger partial charge in [-0.1, -0.05) is 18.2 Å². The fraction of sp³-hybridized carbons (Fsp3) is 0.167. The summed E-state index contributed by atoms with van der Waals surface area (Å²) in [4.78, 5) is 45.8. The van der Waals surface area contributed by atoms with Crippen molar-refractivity contribution in [3.05, 3.63) is 64.2 Å². The summed E-state index contributed by atoms with van der Waals surface area (Å²) in [6.45, 7) is 2.68. The zero-order valence-corrected chi connectivity index (χ0v) is 14.6. The molecule has 2 rings (SSSR count). The lowest BCUT2D eigenvalue weighted by molar-refractivity contribution is -0.383. The molecule has 0 aliphatic carbocycles. The molecule has 0 saturated heterocycles. The molecule has 0 fully saturated rings. The van der Waals surface area contributed by atoms with Crippen LogP contribution in [0.5, 0.6) is 0 Å². The number of anilines is 2. The Bertz CT molecular complexity index is 896. The van der Waals surface area contributed by atoms with Gasteiger partial charge in [-0.2, -0.15) is 0 Å². The van der Waals surface area contributed by atoms with E-state index in [0.717, 1.165) is 0 Å². The summed E-state index contributed by atoms with van der Waals surface area (Å²) in [7, 11) is 0. The number of rotatable bonds is 6. The molecule has 9 nitrogen and oxygen atoms in total. The number of para-hydroxylation sites is 2. The summed E-state index contributed by atoms with van der Waals surface area (Å²) in [6, 6.07) is 11.7. The second-order valence-corrected chi connectivity index (χ2v) is 5.57. The fourth-order valence-electron chi connectivity index (χ4n) is 2.18. The number of carbonyl (C=O) groups excluding carboxylic acids is 3. The molecule has 0 aliphatic rings. The molecule has 0 bridgehead atoms. The van der Waals surface area contributed by atoms with E-state index in [1.807, 2.05) is 0 Å². The normalized spacial score (nSPS) is 11.2. The van der Waals surface area contributed by atoms with Crippen LogP contribution in [-0.2, 0) is 14.3 Å². The highest BCUT2D eigenvalue weighted by Crippen LogP contribution is 2.23. The van der Waals surface area contributed by atoms with Crippen molar-refractivity contribution < 1.29 is 24.0 Å². The van der Waals surface area contributed by atoms with Gasteiger partial charge in [0, 0.05) is 18.7 Å². The van der Waals surface area contributed by atoms with Gasteiger partial charge in [-0.05, 0) is 31.2 Å². The number of nitro benzene ring substituents is 1. The molecule has 0 saturated carbocycles. The van der Waals surface area contributed by atoms with E-state index in [9.17, 15) is 24.5 Å². The Morgan fingerprint density at radius 2 is 1.78 bits per heavy atom. The smallest absolute Gasteiger partial charge is 0.338 e. The van der Waals surface area contributed by atoms with Gasteiger partial charge in [-0.3, -0.25) is 19.7 Å². The van der Waals surface area contributed by atoms with E-state index in [4.69, 9.17) is 4.74 Å². The first-order chi connectivity index (χ1) is 12.8. The van der Waals surface area contributed by atoms with E-state index >= 15 is 0 Å². The Hall–Kier alpha value is -3.75. The molecule has 2 N–H and O–H groups in total. The SMILES string of the molecule is CC(=O)Nc1cccc(C(=O)O[C@H](C)C(=O)Nc2ccccc2[N+](=O)[O-])c1. The van der Waals surface area contributed by atoms with Gasteiger partial charge in [0.15, 0.2) is 6.10 Å². The van der Waals surface area contributed by atoms with E-state index < -0.39 is 22.9 Å². The fourth-order valence-corrected chi connectivity index (χ4v) is 2.18. The average Bonchev–Trinajstić information content (AvgIpc) is 2.61. The average molecular weight is 371 g/mol. The molecular weight excluding hydrogens is 354 g/mol. The van der Waals surface area contributed by atoms with E-state index in [1.54, 1.807) is 12.1 Å². The number of hydrogen-bond donors (Lipinski definition) is 2. The van der Waals surface area contributed by atoms with Gasteiger partial charge in [0.05, 0.1) is 10.5 Å².